The third kappa shape index (κ3) is 3.37. The number of rotatable bonds is 4. The first-order valence-corrected chi connectivity index (χ1v) is 5.57. The van der Waals surface area contributed by atoms with Crippen LogP contribution in [0, 0.1) is 5.41 Å². The highest BCUT2D eigenvalue weighted by molar-refractivity contribution is 6.33. The number of esters is 1. The van der Waals surface area contributed by atoms with Crippen molar-refractivity contribution in [2.24, 2.45) is 5.41 Å². The second-order valence-corrected chi connectivity index (χ2v) is 4.91. The molecule has 0 aliphatic heterocycles. The minimum absolute atomic E-state index is 0.159. The van der Waals surface area contributed by atoms with Crippen molar-refractivity contribution < 1.29 is 19.4 Å². The Balaban J connectivity index is 2.75. The molecule has 0 heterocycles. The average Bonchev–Trinajstić information content (AvgIpc) is 2.25. The normalized spacial score (nSPS) is 11.1. The first kappa shape index (κ1) is 14.3. The second kappa shape index (κ2) is 5.27. The van der Waals surface area contributed by atoms with Gasteiger partial charge in [0.05, 0.1) is 16.0 Å². The monoisotopic (exact) mass is 271 g/mol. The van der Waals surface area contributed by atoms with E-state index < -0.39 is 17.4 Å². The number of ether oxygens (including phenoxy) is 1. The molecule has 0 aromatic heterocycles. The van der Waals surface area contributed by atoms with E-state index in [-0.39, 0.29) is 17.2 Å². The number of benzene rings is 1. The predicted octanol–water partition coefficient (Wildman–Crippen LogP) is 2.19. The predicted molar refractivity (Wildman–Crippen MR) is 67.6 cm³/mol. The summed E-state index contributed by atoms with van der Waals surface area (Å²) in [7, 11) is 0. The summed E-state index contributed by atoms with van der Waals surface area (Å²) in [5.74, 6) is -1.71. The molecule has 98 valence electrons. The molecule has 0 bridgehead atoms. The molecule has 0 radical (unpaired) electrons. The van der Waals surface area contributed by atoms with E-state index in [2.05, 4.69) is 0 Å². The van der Waals surface area contributed by atoms with Gasteiger partial charge < -0.3 is 15.6 Å². The molecule has 0 amide bonds. The molecule has 0 unspecified atom stereocenters. The molecular formula is C12H14ClNO4. The van der Waals surface area contributed by atoms with Crippen LogP contribution in [0.25, 0.3) is 0 Å². The lowest BCUT2D eigenvalue weighted by atomic mass is 9.95. The number of nitrogens with two attached hydrogens (primary N) is 1. The van der Waals surface area contributed by atoms with Gasteiger partial charge in [0.25, 0.3) is 0 Å². The van der Waals surface area contributed by atoms with Crippen LogP contribution in [0.5, 0.6) is 0 Å². The van der Waals surface area contributed by atoms with E-state index in [1.807, 2.05) is 0 Å². The third-order valence-corrected chi connectivity index (χ3v) is 2.67. The first-order valence-electron chi connectivity index (χ1n) is 5.19. The largest absolute Gasteiger partial charge is 0.481 e. The van der Waals surface area contributed by atoms with E-state index >= 15 is 0 Å². The number of hydrogen-bond donors (Lipinski definition) is 2. The van der Waals surface area contributed by atoms with Crippen LogP contribution in [0.1, 0.15) is 24.2 Å². The molecule has 0 aliphatic carbocycles. The van der Waals surface area contributed by atoms with Gasteiger partial charge in [0.15, 0.2) is 0 Å². The Morgan fingerprint density at radius 1 is 1.44 bits per heavy atom. The lowest BCUT2D eigenvalue weighted by Crippen LogP contribution is -2.30. The number of anilines is 1. The standard InChI is InChI=1S/C12H14ClNO4/c1-12(2,11(16)17)6-18-10(15)8-4-3-7(14)5-9(8)13/h3-5H,6,14H2,1-2H3,(H,16,17). The van der Waals surface area contributed by atoms with Crippen molar-refractivity contribution in [3.05, 3.63) is 28.8 Å². The molecule has 0 atom stereocenters. The lowest BCUT2D eigenvalue weighted by Gasteiger charge is -2.18. The number of carboxylic acid groups (broad SMARTS) is 1. The SMILES string of the molecule is CC(C)(COC(=O)c1ccc(N)cc1Cl)C(=O)O. The second-order valence-electron chi connectivity index (χ2n) is 4.50. The Bertz CT molecular complexity index is 485. The molecule has 0 fully saturated rings. The maximum atomic E-state index is 11.7. The van der Waals surface area contributed by atoms with Gasteiger partial charge in [-0.05, 0) is 32.0 Å². The molecule has 1 aromatic rings. The molecular weight excluding hydrogens is 258 g/mol. The zero-order valence-corrected chi connectivity index (χ0v) is 10.8. The van der Waals surface area contributed by atoms with Gasteiger partial charge in [-0.15, -0.1) is 0 Å². The first-order chi connectivity index (χ1) is 8.24. The smallest absolute Gasteiger partial charge is 0.339 e. The Labute approximate surface area is 109 Å². The van der Waals surface area contributed by atoms with E-state index in [1.54, 1.807) is 0 Å². The lowest BCUT2D eigenvalue weighted by molar-refractivity contribution is -0.149. The van der Waals surface area contributed by atoms with Crippen LogP contribution in [0.15, 0.2) is 18.2 Å². The zero-order chi connectivity index (χ0) is 13.9. The number of carbonyl (C=O) groups excluding carboxylic acids is 1. The molecule has 5 nitrogen and oxygen atoms in total. The van der Waals surface area contributed by atoms with Crippen LogP contribution in [0.4, 0.5) is 5.69 Å². The molecule has 1 aromatic carbocycles. The highest BCUT2D eigenvalue weighted by atomic mass is 35.5. The number of halogens is 1. The Hall–Kier alpha value is -1.75. The topological polar surface area (TPSA) is 89.6 Å². The number of carboxylic acids is 1. The third-order valence-electron chi connectivity index (χ3n) is 2.36. The van der Waals surface area contributed by atoms with Crippen LogP contribution >= 0.6 is 11.6 Å². The van der Waals surface area contributed by atoms with E-state index in [0.717, 1.165) is 0 Å². The Kier molecular flexibility index (Phi) is 4.19. The number of nitrogen functional groups attached to an aromatic ring is 1. The summed E-state index contributed by atoms with van der Waals surface area (Å²) in [5, 5.41) is 9.06. The van der Waals surface area contributed by atoms with Crippen LogP contribution < -0.4 is 5.73 Å². The van der Waals surface area contributed by atoms with Crippen molar-refractivity contribution >= 4 is 29.2 Å². The van der Waals surface area contributed by atoms with Gasteiger partial charge in [-0.3, -0.25) is 4.79 Å². The van der Waals surface area contributed by atoms with E-state index in [1.165, 1.54) is 32.0 Å². The summed E-state index contributed by atoms with van der Waals surface area (Å²) in [6, 6.07) is 4.39. The fourth-order valence-electron chi connectivity index (χ4n) is 1.08. The maximum absolute atomic E-state index is 11.7. The number of aliphatic carboxylic acids is 1. The molecule has 3 N–H and O–H groups in total. The van der Waals surface area contributed by atoms with Crippen molar-refractivity contribution in [1.29, 1.82) is 0 Å². The van der Waals surface area contributed by atoms with Gasteiger partial charge in [0, 0.05) is 5.69 Å². The highest BCUT2D eigenvalue weighted by Crippen LogP contribution is 2.22. The fraction of sp³-hybridized carbons (Fsp3) is 0.333. The maximum Gasteiger partial charge on any atom is 0.339 e. The van der Waals surface area contributed by atoms with E-state index in [9.17, 15) is 9.59 Å². The molecule has 0 saturated heterocycles. The van der Waals surface area contributed by atoms with Gasteiger partial charge >= 0.3 is 11.9 Å². The summed E-state index contributed by atoms with van der Waals surface area (Å²) in [6.07, 6.45) is 0. The van der Waals surface area contributed by atoms with Gasteiger partial charge in [-0.25, -0.2) is 4.79 Å². The molecule has 0 spiro atoms. The van der Waals surface area contributed by atoms with Gasteiger partial charge in [-0.1, -0.05) is 11.6 Å². The van der Waals surface area contributed by atoms with Crippen molar-refractivity contribution in [2.45, 2.75) is 13.8 Å². The van der Waals surface area contributed by atoms with Crippen LogP contribution in [0.3, 0.4) is 0 Å². The minimum Gasteiger partial charge on any atom is -0.481 e. The summed E-state index contributed by atoms with van der Waals surface area (Å²) >= 11 is 5.84. The summed E-state index contributed by atoms with van der Waals surface area (Å²) < 4.78 is 4.93. The Morgan fingerprint density at radius 3 is 2.56 bits per heavy atom. The van der Waals surface area contributed by atoms with Crippen LogP contribution in [0.2, 0.25) is 5.02 Å². The van der Waals surface area contributed by atoms with Gasteiger partial charge in [0.2, 0.25) is 0 Å². The van der Waals surface area contributed by atoms with E-state index in [4.69, 9.17) is 27.2 Å². The highest BCUT2D eigenvalue weighted by Gasteiger charge is 2.29. The quantitative estimate of drug-likeness (QED) is 0.647. The van der Waals surface area contributed by atoms with Crippen molar-refractivity contribution in [3.8, 4) is 0 Å². The molecule has 6 heteroatoms. The average molecular weight is 272 g/mol. The molecule has 0 saturated carbocycles. The summed E-state index contributed by atoms with van der Waals surface area (Å²) in [4.78, 5) is 22.6. The molecule has 0 aliphatic rings. The van der Waals surface area contributed by atoms with E-state index in [0.29, 0.717) is 5.69 Å². The van der Waals surface area contributed by atoms with Crippen molar-refractivity contribution in [1.82, 2.24) is 0 Å². The van der Waals surface area contributed by atoms with Crippen molar-refractivity contribution in [2.75, 3.05) is 12.3 Å². The fourth-order valence-corrected chi connectivity index (χ4v) is 1.35. The number of hydrogen-bond acceptors (Lipinski definition) is 4. The van der Waals surface area contributed by atoms with Crippen LogP contribution in [-0.2, 0) is 9.53 Å². The molecule has 1 rings (SSSR count). The van der Waals surface area contributed by atoms with Gasteiger partial charge in [0.1, 0.15) is 6.61 Å². The summed E-state index contributed by atoms with van der Waals surface area (Å²) in [6.45, 7) is 2.70. The number of carbonyl (C=O) groups is 2. The van der Waals surface area contributed by atoms with Gasteiger partial charge in [-0.2, -0.15) is 0 Å². The van der Waals surface area contributed by atoms with Crippen molar-refractivity contribution in [3.63, 3.8) is 0 Å². The Morgan fingerprint density at radius 2 is 2.06 bits per heavy atom. The minimum atomic E-state index is -1.14. The van der Waals surface area contributed by atoms with Crippen LogP contribution in [-0.4, -0.2) is 23.7 Å². The molecule has 18 heavy (non-hydrogen) atoms. The zero-order valence-electron chi connectivity index (χ0n) is 10.1. The summed E-state index contributed by atoms with van der Waals surface area (Å²) in [5.41, 5.74) is 4.95.